The summed E-state index contributed by atoms with van der Waals surface area (Å²) in [5.74, 6) is -0.433. The molecule has 0 aliphatic carbocycles. The highest BCUT2D eigenvalue weighted by Gasteiger charge is 2.18. The quantitative estimate of drug-likeness (QED) is 0.761. The maximum absolute atomic E-state index is 13.0. The third kappa shape index (κ3) is 3.53. The molecule has 0 aliphatic heterocycles. The number of benzene rings is 2. The number of aliphatic hydroxyl groups excluding tert-OH is 1. The molecule has 2 aromatic carbocycles. The van der Waals surface area contributed by atoms with E-state index in [0.717, 1.165) is 0 Å². The Bertz CT molecular complexity index is 659. The molecule has 2 aromatic rings. The molecule has 0 fully saturated rings. The lowest BCUT2D eigenvalue weighted by Gasteiger charge is -2.18. The van der Waals surface area contributed by atoms with E-state index in [-0.39, 0.29) is 12.4 Å². The van der Waals surface area contributed by atoms with Crippen LogP contribution >= 0.6 is 0 Å². The monoisotopic (exact) mass is 304 g/mol. The van der Waals surface area contributed by atoms with Crippen LogP contribution in [0.1, 0.15) is 17.2 Å². The zero-order valence-electron chi connectivity index (χ0n) is 12.0. The second-order valence-corrected chi connectivity index (χ2v) is 4.72. The number of rotatable bonds is 6. The maximum atomic E-state index is 13.0. The number of hydrogen-bond acceptors (Lipinski definition) is 4. The molecule has 0 bridgehead atoms. The van der Waals surface area contributed by atoms with Crippen molar-refractivity contribution in [3.8, 4) is 5.75 Å². The number of ether oxygens (including phenoxy) is 1. The fourth-order valence-corrected chi connectivity index (χ4v) is 2.13. The number of nitrogens with one attached hydrogen (secondary N) is 1. The summed E-state index contributed by atoms with van der Waals surface area (Å²) in [4.78, 5) is 11.7. The van der Waals surface area contributed by atoms with Crippen molar-refractivity contribution in [1.82, 2.24) is 0 Å². The number of anilines is 1. The molecule has 1 atom stereocenters. The Morgan fingerprint density at radius 1 is 1.32 bits per heavy atom. The average molecular weight is 304 g/mol. The van der Waals surface area contributed by atoms with Gasteiger partial charge in [-0.05, 0) is 35.9 Å². The predicted molar refractivity (Wildman–Crippen MR) is 80.9 cm³/mol. The molecular formula is C16H17FN2O3. The van der Waals surface area contributed by atoms with E-state index >= 15 is 0 Å². The molecule has 22 heavy (non-hydrogen) atoms. The van der Waals surface area contributed by atoms with Crippen molar-refractivity contribution in [2.24, 2.45) is 5.73 Å². The number of amides is 1. The number of carbonyl (C=O) groups is 1. The van der Waals surface area contributed by atoms with Crippen molar-refractivity contribution in [2.75, 3.05) is 12.4 Å². The number of halogens is 1. The number of carbonyl (C=O) groups excluding carboxylic acids is 1. The van der Waals surface area contributed by atoms with Gasteiger partial charge in [0.25, 0.3) is 0 Å². The van der Waals surface area contributed by atoms with E-state index in [1.807, 2.05) is 0 Å². The summed E-state index contributed by atoms with van der Waals surface area (Å²) in [6.45, 7) is -0.198. The molecule has 0 aliphatic rings. The van der Waals surface area contributed by atoms with Gasteiger partial charge in [-0.1, -0.05) is 12.1 Å². The number of aliphatic hydroxyl groups is 1. The van der Waals surface area contributed by atoms with Crippen molar-refractivity contribution < 1.29 is 19.0 Å². The number of hydrogen-bond donors (Lipinski definition) is 3. The number of nitrogens with two attached hydrogens (primary N) is 1. The highest BCUT2D eigenvalue weighted by atomic mass is 19.1. The summed E-state index contributed by atoms with van der Waals surface area (Å²) < 4.78 is 18.1. The van der Waals surface area contributed by atoms with Gasteiger partial charge in [0.05, 0.1) is 13.7 Å². The molecule has 5 nitrogen and oxygen atoms in total. The van der Waals surface area contributed by atoms with E-state index < -0.39 is 11.9 Å². The highest BCUT2D eigenvalue weighted by molar-refractivity contribution is 5.84. The van der Waals surface area contributed by atoms with Crippen LogP contribution in [0.15, 0.2) is 42.5 Å². The molecule has 0 heterocycles. The van der Waals surface area contributed by atoms with Gasteiger partial charge in [0, 0.05) is 11.3 Å². The standard InChI is InChI=1S/C16H17FN2O3/c1-22-14-7-6-13(8-11(14)9-20)19-15(16(18)21)10-2-4-12(17)5-3-10/h2-8,15,19-20H,9H2,1H3,(H2,18,21). The van der Waals surface area contributed by atoms with Crippen LogP contribution in [0, 0.1) is 5.82 Å². The molecule has 2 rings (SSSR count). The minimum Gasteiger partial charge on any atom is -0.496 e. The Kier molecular flexibility index (Phi) is 4.95. The average Bonchev–Trinajstić information content (AvgIpc) is 2.53. The second kappa shape index (κ2) is 6.91. The van der Waals surface area contributed by atoms with Crippen molar-refractivity contribution in [3.63, 3.8) is 0 Å². The van der Waals surface area contributed by atoms with Crippen LogP contribution in [0.2, 0.25) is 0 Å². The maximum Gasteiger partial charge on any atom is 0.244 e. The van der Waals surface area contributed by atoms with Gasteiger partial charge >= 0.3 is 0 Å². The molecule has 0 radical (unpaired) electrons. The summed E-state index contributed by atoms with van der Waals surface area (Å²) in [6.07, 6.45) is 0. The van der Waals surface area contributed by atoms with Crippen LogP contribution < -0.4 is 15.8 Å². The van der Waals surface area contributed by atoms with Gasteiger partial charge < -0.3 is 20.9 Å². The molecule has 0 spiro atoms. The summed E-state index contributed by atoms with van der Waals surface area (Å²) in [5, 5.41) is 12.3. The lowest BCUT2D eigenvalue weighted by atomic mass is 10.1. The Labute approximate surface area is 127 Å². The van der Waals surface area contributed by atoms with E-state index in [4.69, 9.17) is 10.5 Å². The lowest BCUT2D eigenvalue weighted by Crippen LogP contribution is -2.27. The fraction of sp³-hybridized carbons (Fsp3) is 0.188. The minimum atomic E-state index is -0.805. The Hall–Kier alpha value is -2.60. The molecule has 0 aromatic heterocycles. The summed E-state index contributed by atoms with van der Waals surface area (Å²) in [7, 11) is 1.51. The molecule has 0 saturated carbocycles. The van der Waals surface area contributed by atoms with Crippen LogP contribution in [-0.2, 0) is 11.4 Å². The molecular weight excluding hydrogens is 287 g/mol. The summed E-state index contributed by atoms with van der Waals surface area (Å²) in [5.41, 5.74) is 7.14. The van der Waals surface area contributed by atoms with E-state index in [0.29, 0.717) is 22.6 Å². The highest BCUT2D eigenvalue weighted by Crippen LogP contribution is 2.26. The van der Waals surface area contributed by atoms with E-state index in [2.05, 4.69) is 5.32 Å². The molecule has 1 amide bonds. The molecule has 116 valence electrons. The largest absolute Gasteiger partial charge is 0.496 e. The van der Waals surface area contributed by atoms with Crippen LogP contribution in [-0.4, -0.2) is 18.1 Å². The Morgan fingerprint density at radius 3 is 2.55 bits per heavy atom. The summed E-state index contributed by atoms with van der Waals surface area (Å²) in [6, 6.07) is 9.76. The van der Waals surface area contributed by atoms with Gasteiger partial charge in [0.1, 0.15) is 17.6 Å². The smallest absolute Gasteiger partial charge is 0.244 e. The van der Waals surface area contributed by atoms with Crippen LogP contribution in [0.25, 0.3) is 0 Å². The predicted octanol–water partition coefficient (Wildman–Crippen LogP) is 1.97. The van der Waals surface area contributed by atoms with Gasteiger partial charge in [-0.3, -0.25) is 4.79 Å². The van der Waals surface area contributed by atoms with Crippen molar-refractivity contribution >= 4 is 11.6 Å². The molecule has 0 saturated heterocycles. The second-order valence-electron chi connectivity index (χ2n) is 4.72. The van der Waals surface area contributed by atoms with E-state index in [9.17, 15) is 14.3 Å². The summed E-state index contributed by atoms with van der Waals surface area (Å²) >= 11 is 0. The first kappa shape index (κ1) is 15.8. The Morgan fingerprint density at radius 2 is 2.00 bits per heavy atom. The third-order valence-electron chi connectivity index (χ3n) is 3.25. The number of primary amides is 1. The fourth-order valence-electron chi connectivity index (χ4n) is 2.13. The lowest BCUT2D eigenvalue weighted by molar-refractivity contribution is -0.118. The zero-order chi connectivity index (χ0) is 16.1. The SMILES string of the molecule is COc1ccc(NC(C(N)=O)c2ccc(F)cc2)cc1CO. The minimum absolute atomic E-state index is 0.198. The molecule has 4 N–H and O–H groups in total. The zero-order valence-corrected chi connectivity index (χ0v) is 12.0. The third-order valence-corrected chi connectivity index (χ3v) is 3.25. The van der Waals surface area contributed by atoms with Crippen molar-refractivity contribution in [2.45, 2.75) is 12.6 Å². The molecule has 1 unspecified atom stereocenters. The first-order valence-corrected chi connectivity index (χ1v) is 6.64. The van der Waals surface area contributed by atoms with Crippen LogP contribution in [0.5, 0.6) is 5.75 Å². The van der Waals surface area contributed by atoms with Gasteiger partial charge in [0.2, 0.25) is 5.91 Å². The van der Waals surface area contributed by atoms with E-state index in [1.165, 1.54) is 31.4 Å². The van der Waals surface area contributed by atoms with Crippen molar-refractivity contribution in [3.05, 3.63) is 59.4 Å². The van der Waals surface area contributed by atoms with Crippen molar-refractivity contribution in [1.29, 1.82) is 0 Å². The first-order chi connectivity index (χ1) is 10.5. The molecule has 6 heteroatoms. The van der Waals surface area contributed by atoms with Gasteiger partial charge in [0.15, 0.2) is 0 Å². The van der Waals surface area contributed by atoms with E-state index in [1.54, 1.807) is 18.2 Å². The van der Waals surface area contributed by atoms with Crippen LogP contribution in [0.4, 0.5) is 10.1 Å². The topological polar surface area (TPSA) is 84.6 Å². The first-order valence-electron chi connectivity index (χ1n) is 6.64. The van der Waals surface area contributed by atoms with Gasteiger partial charge in [-0.25, -0.2) is 4.39 Å². The number of methoxy groups -OCH3 is 1. The van der Waals surface area contributed by atoms with Gasteiger partial charge in [-0.15, -0.1) is 0 Å². The van der Waals surface area contributed by atoms with Crippen LogP contribution in [0.3, 0.4) is 0 Å². The Balaban J connectivity index is 2.28. The van der Waals surface area contributed by atoms with Gasteiger partial charge in [-0.2, -0.15) is 0 Å². The normalized spacial score (nSPS) is 11.8.